The summed E-state index contributed by atoms with van der Waals surface area (Å²) in [7, 11) is 1.55. The summed E-state index contributed by atoms with van der Waals surface area (Å²) < 4.78 is 49.8. The standard InChI is InChI=1S/C25H23F3N6O.2BrH/c1-16-14-33(15-29-16)21-11-9-17(30-24(21)35-2)10-12-22-31-23-19(7-5-13-34(23)32-22)18-6-3-4-8-20(18)25(26,27)28;;/h3-4,6,8-12,14-15,19H,5,7,13H2,1-2H3;2*1H/t19-;;/m0../s1. The lowest BCUT2D eigenvalue weighted by Gasteiger charge is -2.25. The molecule has 0 amide bonds. The zero-order chi connectivity index (χ0) is 24.6. The number of hydrogen-bond acceptors (Lipinski definition) is 5. The lowest BCUT2D eigenvalue weighted by molar-refractivity contribution is -0.138. The van der Waals surface area contributed by atoms with E-state index in [9.17, 15) is 13.2 Å². The number of hydrogen-bond donors (Lipinski definition) is 0. The molecule has 4 aromatic rings. The van der Waals surface area contributed by atoms with Crippen molar-refractivity contribution >= 4 is 46.1 Å². The van der Waals surface area contributed by atoms with Crippen LogP contribution in [0.15, 0.2) is 48.9 Å². The van der Waals surface area contributed by atoms with Crippen molar-refractivity contribution < 1.29 is 17.9 Å². The Labute approximate surface area is 233 Å². The van der Waals surface area contributed by atoms with E-state index in [1.165, 1.54) is 12.1 Å². The van der Waals surface area contributed by atoms with Crippen molar-refractivity contribution in [1.29, 1.82) is 0 Å². The topological polar surface area (TPSA) is 70.7 Å². The van der Waals surface area contributed by atoms with Gasteiger partial charge in [-0.25, -0.2) is 19.6 Å². The largest absolute Gasteiger partial charge is 0.479 e. The van der Waals surface area contributed by atoms with Gasteiger partial charge in [-0.3, -0.25) is 0 Å². The molecule has 0 spiro atoms. The van der Waals surface area contributed by atoms with Crippen LogP contribution in [0.3, 0.4) is 0 Å². The first-order valence-corrected chi connectivity index (χ1v) is 11.2. The van der Waals surface area contributed by atoms with Gasteiger partial charge < -0.3 is 9.30 Å². The molecule has 3 aromatic heterocycles. The second-order valence-electron chi connectivity index (χ2n) is 8.35. The molecular weight excluding hydrogens is 617 g/mol. The third-order valence-corrected chi connectivity index (χ3v) is 5.98. The highest BCUT2D eigenvalue weighted by atomic mass is 79.9. The predicted molar refractivity (Wildman–Crippen MR) is 145 cm³/mol. The van der Waals surface area contributed by atoms with E-state index in [2.05, 4.69) is 20.1 Å². The number of nitrogens with zero attached hydrogens (tertiary/aromatic N) is 6. The third kappa shape index (κ3) is 5.96. The van der Waals surface area contributed by atoms with Gasteiger partial charge in [0.2, 0.25) is 5.88 Å². The van der Waals surface area contributed by atoms with Gasteiger partial charge in [-0.15, -0.1) is 34.0 Å². The molecule has 12 heteroatoms. The fourth-order valence-electron chi connectivity index (χ4n) is 4.39. The molecule has 0 fully saturated rings. The van der Waals surface area contributed by atoms with Crippen molar-refractivity contribution in [3.63, 3.8) is 0 Å². The van der Waals surface area contributed by atoms with Crippen LogP contribution in [0.5, 0.6) is 5.88 Å². The number of benzene rings is 1. The Kier molecular flexibility index (Phi) is 8.96. The summed E-state index contributed by atoms with van der Waals surface area (Å²) in [6.07, 6.45) is 3.92. The Hall–Kier alpha value is -2.99. The highest BCUT2D eigenvalue weighted by Crippen LogP contribution is 2.40. The summed E-state index contributed by atoms with van der Waals surface area (Å²) in [5.41, 5.74) is 1.88. The van der Waals surface area contributed by atoms with Crippen molar-refractivity contribution in [3.05, 3.63) is 83.1 Å². The van der Waals surface area contributed by atoms with E-state index in [0.29, 0.717) is 36.2 Å². The second-order valence-corrected chi connectivity index (χ2v) is 8.35. The first kappa shape index (κ1) is 28.6. The molecular formula is C25H25Br2F3N6O. The average Bonchev–Trinajstić information content (AvgIpc) is 3.47. The monoisotopic (exact) mass is 640 g/mol. The van der Waals surface area contributed by atoms with Gasteiger partial charge >= 0.3 is 6.18 Å². The Morgan fingerprint density at radius 2 is 1.84 bits per heavy atom. The first-order chi connectivity index (χ1) is 16.8. The van der Waals surface area contributed by atoms with Crippen molar-refractivity contribution in [1.82, 2.24) is 29.3 Å². The second kappa shape index (κ2) is 11.6. The molecule has 0 saturated heterocycles. The molecule has 0 N–H and O–H groups in total. The zero-order valence-corrected chi connectivity index (χ0v) is 23.4. The summed E-state index contributed by atoms with van der Waals surface area (Å²) in [5.74, 6) is 0.938. The Morgan fingerprint density at radius 1 is 1.05 bits per heavy atom. The molecule has 0 radical (unpaired) electrons. The van der Waals surface area contributed by atoms with Gasteiger partial charge in [0.05, 0.1) is 30.4 Å². The predicted octanol–water partition coefficient (Wildman–Crippen LogP) is 6.45. The SMILES string of the molecule is Br.Br.COc1nc(C=Cc2nc3n(n2)CCC[C@H]3c2ccccc2C(F)(F)F)ccc1-n1cnc(C)c1. The summed E-state index contributed by atoms with van der Waals surface area (Å²) in [5, 5.41) is 4.51. The number of pyridine rings is 1. The molecule has 7 nitrogen and oxygen atoms in total. The highest BCUT2D eigenvalue weighted by Gasteiger charge is 2.37. The van der Waals surface area contributed by atoms with Crippen molar-refractivity contribution in [3.8, 4) is 11.6 Å². The van der Waals surface area contributed by atoms with E-state index in [1.807, 2.05) is 29.8 Å². The highest BCUT2D eigenvalue weighted by molar-refractivity contribution is 8.93. The van der Waals surface area contributed by atoms with Crippen LogP contribution in [-0.2, 0) is 12.7 Å². The molecule has 1 aromatic carbocycles. The van der Waals surface area contributed by atoms with E-state index in [4.69, 9.17) is 4.74 Å². The number of fused-ring (bicyclic) bond motifs is 1. The quantitative estimate of drug-likeness (QED) is 0.251. The van der Waals surface area contributed by atoms with Gasteiger partial charge in [-0.2, -0.15) is 18.3 Å². The van der Waals surface area contributed by atoms with Crippen LogP contribution >= 0.6 is 34.0 Å². The Bertz CT molecular complexity index is 1400. The number of halogens is 5. The molecule has 0 aliphatic carbocycles. The summed E-state index contributed by atoms with van der Waals surface area (Å²) in [6.45, 7) is 2.52. The van der Waals surface area contributed by atoms with Crippen molar-refractivity contribution in [2.75, 3.05) is 7.11 Å². The van der Waals surface area contributed by atoms with Crippen LogP contribution in [0, 0.1) is 6.92 Å². The van der Waals surface area contributed by atoms with E-state index < -0.39 is 17.7 Å². The number of aryl methyl sites for hydroxylation is 2. The minimum Gasteiger partial charge on any atom is -0.479 e. The maximum Gasteiger partial charge on any atom is 0.416 e. The minimum absolute atomic E-state index is 0. The summed E-state index contributed by atoms with van der Waals surface area (Å²) >= 11 is 0. The normalized spacial score (nSPS) is 15.1. The van der Waals surface area contributed by atoms with E-state index in [-0.39, 0.29) is 39.5 Å². The minimum atomic E-state index is -4.42. The van der Waals surface area contributed by atoms with Crippen molar-refractivity contribution in [2.24, 2.45) is 0 Å². The number of rotatable bonds is 5. The smallest absolute Gasteiger partial charge is 0.416 e. The molecule has 196 valence electrons. The van der Waals surface area contributed by atoms with Gasteiger partial charge in [0.1, 0.15) is 11.5 Å². The number of aromatic nitrogens is 6. The van der Waals surface area contributed by atoms with Gasteiger partial charge in [0.25, 0.3) is 0 Å². The van der Waals surface area contributed by atoms with E-state index >= 15 is 0 Å². The maximum absolute atomic E-state index is 13.6. The molecule has 0 bridgehead atoms. The average molecular weight is 642 g/mol. The number of ether oxygens (including phenoxy) is 1. The number of methoxy groups -OCH3 is 1. The fourth-order valence-corrected chi connectivity index (χ4v) is 4.39. The molecule has 5 rings (SSSR count). The van der Waals surface area contributed by atoms with Crippen molar-refractivity contribution in [2.45, 2.75) is 38.4 Å². The molecule has 1 aliphatic rings. The van der Waals surface area contributed by atoms with Gasteiger partial charge in [-0.1, -0.05) is 18.2 Å². The Morgan fingerprint density at radius 3 is 2.54 bits per heavy atom. The van der Waals surface area contributed by atoms with Crippen LogP contribution in [0.25, 0.3) is 17.8 Å². The van der Waals surface area contributed by atoms with Crippen LogP contribution in [0.4, 0.5) is 13.2 Å². The van der Waals surface area contributed by atoms with Crippen LogP contribution < -0.4 is 4.74 Å². The molecule has 1 aliphatic heterocycles. The van der Waals surface area contributed by atoms with Crippen LogP contribution in [-0.4, -0.2) is 36.4 Å². The van der Waals surface area contributed by atoms with Gasteiger partial charge in [0.15, 0.2) is 5.82 Å². The lowest BCUT2D eigenvalue weighted by atomic mass is 9.88. The maximum atomic E-state index is 13.6. The number of imidazole rings is 1. The van der Waals surface area contributed by atoms with E-state index in [0.717, 1.165) is 23.9 Å². The number of alkyl halides is 3. The van der Waals surface area contributed by atoms with Crippen LogP contribution in [0.1, 0.15) is 52.9 Å². The zero-order valence-electron chi connectivity index (χ0n) is 20.0. The first-order valence-electron chi connectivity index (χ1n) is 11.2. The van der Waals surface area contributed by atoms with Crippen LogP contribution in [0.2, 0.25) is 0 Å². The third-order valence-electron chi connectivity index (χ3n) is 5.98. The van der Waals surface area contributed by atoms with E-state index in [1.54, 1.807) is 36.3 Å². The summed E-state index contributed by atoms with van der Waals surface area (Å²) in [6, 6.07) is 9.42. The molecule has 4 heterocycles. The molecule has 1 atom stereocenters. The molecule has 37 heavy (non-hydrogen) atoms. The fraction of sp³-hybridized carbons (Fsp3) is 0.280. The Balaban J connectivity index is 0.00000190. The molecule has 0 unspecified atom stereocenters. The molecule has 0 saturated carbocycles. The summed E-state index contributed by atoms with van der Waals surface area (Å²) in [4.78, 5) is 13.3. The van der Waals surface area contributed by atoms with Gasteiger partial charge in [0, 0.05) is 18.7 Å². The lowest BCUT2D eigenvalue weighted by Crippen LogP contribution is -2.21. The van der Waals surface area contributed by atoms with Gasteiger partial charge in [-0.05, 0) is 55.7 Å².